The number of benzene rings is 2. The largest absolute Gasteiger partial charge is 0.493 e. The average Bonchev–Trinajstić information content (AvgIpc) is 3.04. The predicted octanol–water partition coefficient (Wildman–Crippen LogP) is 3.79. The van der Waals surface area contributed by atoms with Crippen LogP contribution in [0.1, 0.15) is 58.9 Å². The van der Waals surface area contributed by atoms with Gasteiger partial charge in [0, 0.05) is 18.6 Å². The smallest absolute Gasteiger partial charge is 0.261 e. The molecule has 0 aromatic heterocycles. The number of amides is 2. The fourth-order valence-corrected chi connectivity index (χ4v) is 4.48. The van der Waals surface area contributed by atoms with Gasteiger partial charge in [0.05, 0.1) is 24.8 Å². The molecule has 0 bridgehead atoms. The Morgan fingerprint density at radius 2 is 1.77 bits per heavy atom. The highest BCUT2D eigenvalue weighted by atomic mass is 16.5. The van der Waals surface area contributed by atoms with Crippen molar-refractivity contribution in [2.45, 2.75) is 51.2 Å². The van der Waals surface area contributed by atoms with E-state index in [1.54, 1.807) is 19.2 Å². The third-order valence-corrected chi connectivity index (χ3v) is 5.96. The Labute approximate surface area is 177 Å². The summed E-state index contributed by atoms with van der Waals surface area (Å²) in [6.45, 7) is 3.24. The number of ether oxygens (including phenoxy) is 2. The Kier molecular flexibility index (Phi) is 6.04. The van der Waals surface area contributed by atoms with E-state index in [2.05, 4.69) is 5.32 Å². The average molecular weight is 408 g/mol. The first-order valence-electron chi connectivity index (χ1n) is 10.6. The van der Waals surface area contributed by atoms with Crippen molar-refractivity contribution in [2.75, 3.05) is 13.7 Å². The van der Waals surface area contributed by atoms with Crippen molar-refractivity contribution < 1.29 is 19.1 Å². The van der Waals surface area contributed by atoms with Crippen LogP contribution < -0.4 is 14.8 Å². The van der Waals surface area contributed by atoms with Crippen LogP contribution in [-0.4, -0.2) is 42.5 Å². The number of nitrogens with zero attached hydrogens (tertiary/aromatic N) is 1. The van der Waals surface area contributed by atoms with Gasteiger partial charge in [-0.15, -0.1) is 0 Å². The zero-order valence-electron chi connectivity index (χ0n) is 17.5. The summed E-state index contributed by atoms with van der Waals surface area (Å²) in [5.41, 5.74) is 2.16. The monoisotopic (exact) mass is 408 g/mol. The molecule has 0 unspecified atom stereocenters. The van der Waals surface area contributed by atoms with Gasteiger partial charge in [-0.05, 0) is 62.4 Å². The van der Waals surface area contributed by atoms with Crippen molar-refractivity contribution in [2.24, 2.45) is 0 Å². The van der Waals surface area contributed by atoms with E-state index in [9.17, 15) is 9.59 Å². The van der Waals surface area contributed by atoms with Gasteiger partial charge in [-0.1, -0.05) is 18.2 Å². The van der Waals surface area contributed by atoms with E-state index in [-0.39, 0.29) is 23.9 Å². The molecule has 1 heterocycles. The third kappa shape index (κ3) is 3.92. The first-order chi connectivity index (χ1) is 14.6. The number of rotatable bonds is 7. The molecule has 1 N–H and O–H groups in total. The lowest BCUT2D eigenvalue weighted by molar-refractivity contribution is 0.0533. The van der Waals surface area contributed by atoms with E-state index in [1.807, 2.05) is 37.3 Å². The van der Waals surface area contributed by atoms with Gasteiger partial charge in [0.1, 0.15) is 0 Å². The third-order valence-electron chi connectivity index (χ3n) is 5.96. The quantitative estimate of drug-likeness (QED) is 0.706. The highest BCUT2D eigenvalue weighted by molar-refractivity contribution is 6.21. The van der Waals surface area contributed by atoms with E-state index in [0.717, 1.165) is 42.7 Å². The fraction of sp³-hybridized carbons (Fsp3) is 0.417. The summed E-state index contributed by atoms with van der Waals surface area (Å²) in [7, 11) is 1.64. The van der Waals surface area contributed by atoms with E-state index >= 15 is 0 Å². The molecule has 2 atom stereocenters. The van der Waals surface area contributed by atoms with Gasteiger partial charge in [0.2, 0.25) is 0 Å². The highest BCUT2D eigenvalue weighted by Crippen LogP contribution is 2.32. The van der Waals surface area contributed by atoms with Gasteiger partial charge in [-0.3, -0.25) is 14.5 Å². The first kappa shape index (κ1) is 20.4. The number of carbonyl (C=O) groups is 2. The van der Waals surface area contributed by atoms with Gasteiger partial charge >= 0.3 is 0 Å². The second-order valence-corrected chi connectivity index (χ2v) is 7.84. The maximum atomic E-state index is 12.8. The molecule has 2 aromatic carbocycles. The van der Waals surface area contributed by atoms with Crippen molar-refractivity contribution >= 4 is 11.8 Å². The lowest BCUT2D eigenvalue weighted by Crippen LogP contribution is -2.46. The van der Waals surface area contributed by atoms with Crippen LogP contribution in [0.4, 0.5) is 0 Å². The zero-order valence-corrected chi connectivity index (χ0v) is 17.5. The predicted molar refractivity (Wildman–Crippen MR) is 114 cm³/mol. The summed E-state index contributed by atoms with van der Waals surface area (Å²) >= 11 is 0. The number of imide groups is 1. The van der Waals surface area contributed by atoms with E-state index in [1.165, 1.54) is 4.90 Å². The Morgan fingerprint density at radius 3 is 2.43 bits per heavy atom. The maximum absolute atomic E-state index is 12.8. The molecule has 1 fully saturated rings. The van der Waals surface area contributed by atoms with E-state index in [0.29, 0.717) is 24.3 Å². The lowest BCUT2D eigenvalue weighted by atomic mass is 9.89. The number of fused-ring (bicyclic) bond motifs is 1. The maximum Gasteiger partial charge on any atom is 0.261 e. The van der Waals surface area contributed by atoms with Crippen molar-refractivity contribution in [3.63, 3.8) is 0 Å². The summed E-state index contributed by atoms with van der Waals surface area (Å²) < 4.78 is 11.0. The summed E-state index contributed by atoms with van der Waals surface area (Å²) in [5, 5.41) is 3.60. The molecule has 1 aliphatic heterocycles. The molecule has 2 amide bonds. The fourth-order valence-electron chi connectivity index (χ4n) is 4.48. The van der Waals surface area contributed by atoms with E-state index in [4.69, 9.17) is 9.47 Å². The van der Waals surface area contributed by atoms with E-state index < -0.39 is 0 Å². The lowest BCUT2D eigenvalue weighted by Gasteiger charge is -2.34. The Balaban J connectivity index is 1.40. The first-order valence-corrected chi connectivity index (χ1v) is 10.6. The molecule has 4 rings (SSSR count). The Morgan fingerprint density at radius 1 is 1.03 bits per heavy atom. The molecule has 6 nitrogen and oxygen atoms in total. The molecule has 1 aliphatic carbocycles. The van der Waals surface area contributed by atoms with Crippen LogP contribution in [0.3, 0.4) is 0 Å². The van der Waals surface area contributed by atoms with Crippen LogP contribution in [0, 0.1) is 0 Å². The minimum absolute atomic E-state index is 0.0569. The van der Waals surface area contributed by atoms with Gasteiger partial charge in [-0.2, -0.15) is 0 Å². The van der Waals surface area contributed by atoms with Crippen molar-refractivity contribution in [1.29, 1.82) is 0 Å². The SMILES string of the molecule is CCOc1ccc(CN[C@H]2CCC[C@@H](N3C(=O)c4ccccc4C3=O)C2)cc1OC. The summed E-state index contributed by atoms with van der Waals surface area (Å²) in [5.74, 6) is 1.16. The summed E-state index contributed by atoms with van der Waals surface area (Å²) in [4.78, 5) is 27.1. The highest BCUT2D eigenvalue weighted by Gasteiger charge is 2.41. The minimum atomic E-state index is -0.155. The van der Waals surface area contributed by atoms with Crippen LogP contribution in [0.2, 0.25) is 0 Å². The van der Waals surface area contributed by atoms with Gasteiger partial charge in [-0.25, -0.2) is 0 Å². The minimum Gasteiger partial charge on any atom is -0.493 e. The molecule has 1 saturated carbocycles. The molecule has 158 valence electrons. The van der Waals surface area contributed by atoms with Crippen LogP contribution >= 0.6 is 0 Å². The molecule has 0 spiro atoms. The topological polar surface area (TPSA) is 67.9 Å². The van der Waals surface area contributed by atoms with Crippen molar-refractivity contribution in [1.82, 2.24) is 10.2 Å². The zero-order chi connectivity index (χ0) is 21.1. The number of hydrogen-bond acceptors (Lipinski definition) is 5. The molecule has 0 saturated heterocycles. The van der Waals surface area contributed by atoms with Crippen LogP contribution in [0.15, 0.2) is 42.5 Å². The standard InChI is InChI=1S/C24H28N2O4/c1-3-30-21-12-11-16(13-22(21)29-2)15-25-17-7-6-8-18(14-17)26-23(27)19-9-4-5-10-20(19)24(26)28/h4-5,9-13,17-18,25H,3,6-8,14-15H2,1-2H3/t17-,18+/m0/s1. The Hall–Kier alpha value is -2.86. The van der Waals surface area contributed by atoms with Crippen molar-refractivity contribution in [3.8, 4) is 11.5 Å². The molecule has 0 radical (unpaired) electrons. The van der Waals surface area contributed by atoms with Gasteiger partial charge in [0.15, 0.2) is 11.5 Å². The molecule has 2 aliphatic rings. The second kappa shape index (κ2) is 8.88. The summed E-state index contributed by atoms with van der Waals surface area (Å²) in [6.07, 6.45) is 3.66. The molecule has 6 heteroatoms. The summed E-state index contributed by atoms with van der Waals surface area (Å²) in [6, 6.07) is 13.3. The van der Waals surface area contributed by atoms with Gasteiger partial charge in [0.25, 0.3) is 11.8 Å². The molecular formula is C24H28N2O4. The molecule has 2 aromatic rings. The van der Waals surface area contributed by atoms with Crippen molar-refractivity contribution in [3.05, 3.63) is 59.2 Å². The number of methoxy groups -OCH3 is 1. The number of hydrogen-bond donors (Lipinski definition) is 1. The normalized spacial score (nSPS) is 20.9. The number of nitrogens with one attached hydrogen (secondary N) is 1. The van der Waals surface area contributed by atoms with Gasteiger partial charge < -0.3 is 14.8 Å². The number of carbonyl (C=O) groups excluding carboxylic acids is 2. The molecular weight excluding hydrogens is 380 g/mol. The second-order valence-electron chi connectivity index (χ2n) is 7.84. The van der Waals surface area contributed by atoms with Crippen LogP contribution in [0.25, 0.3) is 0 Å². The van der Waals surface area contributed by atoms with Crippen LogP contribution in [0.5, 0.6) is 11.5 Å². The molecule has 30 heavy (non-hydrogen) atoms. The van der Waals surface area contributed by atoms with Crippen LogP contribution in [-0.2, 0) is 6.54 Å². The Bertz CT molecular complexity index is 908.